The molecule has 0 bridgehead atoms. The zero-order valence-electron chi connectivity index (χ0n) is 17.2. The van der Waals surface area contributed by atoms with Gasteiger partial charge in [-0.25, -0.2) is 10.4 Å². The third-order valence-electron chi connectivity index (χ3n) is 6.19. The van der Waals surface area contributed by atoms with Gasteiger partial charge in [0.2, 0.25) is 5.89 Å². The molecule has 11 heteroatoms. The van der Waals surface area contributed by atoms with Gasteiger partial charge >= 0.3 is 6.18 Å². The van der Waals surface area contributed by atoms with Crippen molar-refractivity contribution in [2.45, 2.75) is 50.0 Å². The number of hydrogen-bond acceptors (Lipinski definition) is 7. The number of alkyl halides is 3. The van der Waals surface area contributed by atoms with Gasteiger partial charge in [-0.1, -0.05) is 30.3 Å². The van der Waals surface area contributed by atoms with Gasteiger partial charge in [-0.05, 0) is 25.3 Å². The SMILES string of the molecule is CC1=C(c2nnc(C3CCOCC3)o2)C(=O)N2NC(C(F)(F)F)C(c3ccccc3)C2N1. The van der Waals surface area contributed by atoms with Crippen molar-refractivity contribution >= 4 is 11.5 Å². The summed E-state index contributed by atoms with van der Waals surface area (Å²) >= 11 is 0. The summed E-state index contributed by atoms with van der Waals surface area (Å²) in [6.07, 6.45) is -4.02. The number of rotatable bonds is 3. The Kier molecular flexibility index (Phi) is 5.17. The van der Waals surface area contributed by atoms with Crippen LogP contribution in [0.1, 0.15) is 48.9 Å². The van der Waals surface area contributed by atoms with Crippen molar-refractivity contribution in [3.63, 3.8) is 0 Å². The smallest absolute Gasteiger partial charge is 0.406 e. The maximum atomic E-state index is 13.9. The number of hydrazine groups is 1. The molecule has 2 aromatic rings. The average Bonchev–Trinajstić information content (AvgIpc) is 3.40. The van der Waals surface area contributed by atoms with Gasteiger partial charge in [0.15, 0.2) is 0 Å². The molecule has 3 aliphatic heterocycles. The summed E-state index contributed by atoms with van der Waals surface area (Å²) in [4.78, 5) is 13.3. The quantitative estimate of drug-likeness (QED) is 0.744. The van der Waals surface area contributed by atoms with Crippen molar-refractivity contribution in [1.82, 2.24) is 25.9 Å². The van der Waals surface area contributed by atoms with Crippen molar-refractivity contribution in [2.75, 3.05) is 13.2 Å². The minimum atomic E-state index is -4.56. The maximum Gasteiger partial charge on any atom is 0.406 e. The van der Waals surface area contributed by atoms with Crippen molar-refractivity contribution in [1.29, 1.82) is 0 Å². The zero-order chi connectivity index (χ0) is 22.5. The van der Waals surface area contributed by atoms with E-state index >= 15 is 0 Å². The molecule has 8 nitrogen and oxygen atoms in total. The van der Waals surface area contributed by atoms with Crippen LogP contribution in [0.5, 0.6) is 0 Å². The Morgan fingerprint density at radius 3 is 2.53 bits per heavy atom. The lowest BCUT2D eigenvalue weighted by atomic mass is 9.89. The van der Waals surface area contributed by atoms with Gasteiger partial charge < -0.3 is 14.5 Å². The minimum absolute atomic E-state index is 0.00605. The Bertz CT molecular complexity index is 1030. The number of halogens is 3. The first-order chi connectivity index (χ1) is 15.3. The fraction of sp³-hybridized carbons (Fsp3) is 0.476. The predicted octanol–water partition coefficient (Wildman–Crippen LogP) is 2.69. The monoisotopic (exact) mass is 449 g/mol. The first-order valence-corrected chi connectivity index (χ1v) is 10.4. The lowest BCUT2D eigenvalue weighted by Crippen LogP contribution is -2.54. The topological polar surface area (TPSA) is 92.5 Å². The van der Waals surface area contributed by atoms with Crippen LogP contribution in [0.15, 0.2) is 40.4 Å². The van der Waals surface area contributed by atoms with E-state index in [-0.39, 0.29) is 17.4 Å². The Morgan fingerprint density at radius 1 is 1.12 bits per heavy atom. The molecular formula is C21H22F3N5O3. The lowest BCUT2D eigenvalue weighted by molar-refractivity contribution is -0.161. The number of carbonyl (C=O) groups excluding carboxylic acids is 1. The van der Waals surface area contributed by atoms with E-state index in [0.717, 1.165) is 17.9 Å². The number of benzene rings is 1. The Balaban J connectivity index is 1.48. The predicted molar refractivity (Wildman–Crippen MR) is 106 cm³/mol. The maximum absolute atomic E-state index is 13.9. The van der Waals surface area contributed by atoms with Crippen molar-refractivity contribution < 1.29 is 27.1 Å². The van der Waals surface area contributed by atoms with Crippen LogP contribution in [0.2, 0.25) is 0 Å². The number of amides is 1. The van der Waals surface area contributed by atoms with E-state index in [9.17, 15) is 18.0 Å². The first kappa shape index (κ1) is 21.0. The fourth-order valence-electron chi connectivity index (χ4n) is 4.59. The second-order valence-electron chi connectivity index (χ2n) is 8.18. The van der Waals surface area contributed by atoms with Gasteiger partial charge in [-0.3, -0.25) is 4.79 Å². The second-order valence-corrected chi connectivity index (χ2v) is 8.18. The number of hydrogen-bond donors (Lipinski definition) is 2. The average molecular weight is 449 g/mol. The van der Waals surface area contributed by atoms with E-state index < -0.39 is 30.2 Å². The second kappa shape index (κ2) is 7.89. The van der Waals surface area contributed by atoms with Crippen LogP contribution in [0, 0.1) is 0 Å². The molecule has 5 rings (SSSR count). The van der Waals surface area contributed by atoms with Crippen LogP contribution in [-0.4, -0.2) is 52.7 Å². The highest BCUT2D eigenvalue weighted by Gasteiger charge is 2.58. The third-order valence-corrected chi connectivity index (χ3v) is 6.19. The van der Waals surface area contributed by atoms with Crippen molar-refractivity contribution in [3.8, 4) is 0 Å². The summed E-state index contributed by atoms with van der Waals surface area (Å²) in [6.45, 7) is 2.80. The van der Waals surface area contributed by atoms with Gasteiger partial charge in [0, 0.05) is 24.8 Å². The molecule has 3 unspecified atom stereocenters. The molecule has 2 saturated heterocycles. The van der Waals surface area contributed by atoms with E-state index in [4.69, 9.17) is 9.15 Å². The van der Waals surface area contributed by atoms with Gasteiger partial charge in [-0.15, -0.1) is 10.2 Å². The summed E-state index contributed by atoms with van der Waals surface area (Å²) in [5, 5.41) is 12.2. The summed E-state index contributed by atoms with van der Waals surface area (Å²) in [5.41, 5.74) is 3.31. The zero-order valence-corrected chi connectivity index (χ0v) is 17.2. The Labute approximate surface area is 181 Å². The van der Waals surface area contributed by atoms with Crippen LogP contribution >= 0.6 is 0 Å². The molecule has 0 radical (unpaired) electrons. The van der Waals surface area contributed by atoms with E-state index in [1.54, 1.807) is 37.3 Å². The van der Waals surface area contributed by atoms with Crippen molar-refractivity contribution in [2.24, 2.45) is 0 Å². The van der Waals surface area contributed by atoms with Gasteiger partial charge in [0.1, 0.15) is 17.8 Å². The number of nitrogens with one attached hydrogen (secondary N) is 2. The van der Waals surface area contributed by atoms with E-state index in [2.05, 4.69) is 20.9 Å². The van der Waals surface area contributed by atoms with Crippen LogP contribution in [-0.2, 0) is 9.53 Å². The number of ether oxygens (including phenoxy) is 1. The molecule has 32 heavy (non-hydrogen) atoms. The number of fused-ring (bicyclic) bond motifs is 1. The molecule has 0 saturated carbocycles. The molecule has 1 aromatic heterocycles. The molecule has 0 aliphatic carbocycles. The van der Waals surface area contributed by atoms with E-state index in [1.165, 1.54) is 0 Å². The number of carbonyl (C=O) groups is 1. The minimum Gasteiger partial charge on any atom is -0.420 e. The summed E-state index contributed by atoms with van der Waals surface area (Å²) in [5.74, 6) is -1.23. The molecule has 2 N–H and O–H groups in total. The van der Waals surface area contributed by atoms with Crippen LogP contribution in [0.3, 0.4) is 0 Å². The molecule has 0 spiro atoms. The Morgan fingerprint density at radius 2 is 1.84 bits per heavy atom. The third kappa shape index (κ3) is 3.55. The molecule has 4 heterocycles. The van der Waals surface area contributed by atoms with Crippen LogP contribution in [0.4, 0.5) is 13.2 Å². The molecule has 3 aliphatic rings. The number of nitrogens with zero attached hydrogens (tertiary/aromatic N) is 3. The normalized spacial score (nSPS) is 26.9. The van der Waals surface area contributed by atoms with Gasteiger partial charge in [-0.2, -0.15) is 13.2 Å². The van der Waals surface area contributed by atoms with E-state index in [1.807, 2.05) is 0 Å². The van der Waals surface area contributed by atoms with Gasteiger partial charge in [0.25, 0.3) is 11.8 Å². The number of allylic oxidation sites excluding steroid dienone is 1. The van der Waals surface area contributed by atoms with Gasteiger partial charge in [0.05, 0.1) is 5.92 Å². The summed E-state index contributed by atoms with van der Waals surface area (Å²) < 4.78 is 52.8. The highest BCUT2D eigenvalue weighted by molar-refractivity contribution is 6.19. The fourth-order valence-corrected chi connectivity index (χ4v) is 4.59. The lowest BCUT2D eigenvalue weighted by Gasteiger charge is -2.34. The summed E-state index contributed by atoms with van der Waals surface area (Å²) in [6, 6.07) is 6.43. The Hall–Kier alpha value is -2.92. The highest BCUT2D eigenvalue weighted by atomic mass is 19.4. The van der Waals surface area contributed by atoms with E-state index in [0.29, 0.717) is 30.4 Å². The molecule has 2 fully saturated rings. The highest BCUT2D eigenvalue weighted by Crippen LogP contribution is 2.42. The molecule has 3 atom stereocenters. The summed E-state index contributed by atoms with van der Waals surface area (Å²) in [7, 11) is 0. The largest absolute Gasteiger partial charge is 0.420 e. The number of aromatic nitrogens is 2. The standard InChI is InChI=1S/C21H22F3N5O3/c1-11-14(19-27-26-18(32-19)13-7-9-31-10-8-13)20(30)29-17(25-11)15(12-5-3-2-4-6-12)16(28-29)21(22,23)24/h2-6,13,15-17,25,28H,7-10H2,1H3. The van der Waals surface area contributed by atoms with Crippen molar-refractivity contribution in [3.05, 3.63) is 53.4 Å². The van der Waals surface area contributed by atoms with Crippen LogP contribution in [0.25, 0.3) is 5.57 Å². The molecule has 1 aromatic carbocycles. The first-order valence-electron chi connectivity index (χ1n) is 10.4. The molecule has 1 amide bonds. The molecule has 170 valence electrons. The molecular weight excluding hydrogens is 427 g/mol. The van der Waals surface area contributed by atoms with Crippen LogP contribution < -0.4 is 10.7 Å².